The van der Waals surface area contributed by atoms with Crippen LogP contribution in [0.15, 0.2) is 28.7 Å². The minimum Gasteiger partial charge on any atom is -0.437 e. The van der Waals surface area contributed by atoms with Crippen molar-refractivity contribution in [3.05, 3.63) is 53.0 Å². The van der Waals surface area contributed by atoms with Gasteiger partial charge in [-0.15, -0.1) is 0 Å². The van der Waals surface area contributed by atoms with E-state index in [4.69, 9.17) is 9.15 Å². The number of carbonyl (C=O) groups is 2. The van der Waals surface area contributed by atoms with E-state index in [-0.39, 0.29) is 24.1 Å². The third-order valence-corrected chi connectivity index (χ3v) is 5.15. The van der Waals surface area contributed by atoms with Crippen LogP contribution in [-0.2, 0) is 17.7 Å². The fourth-order valence-corrected chi connectivity index (χ4v) is 3.55. The summed E-state index contributed by atoms with van der Waals surface area (Å²) >= 11 is 0. The Labute approximate surface area is 167 Å². The Bertz CT molecular complexity index is 916. The average Bonchev–Trinajstić information content (AvgIpc) is 3.15. The van der Waals surface area contributed by atoms with Crippen molar-refractivity contribution >= 4 is 11.8 Å². The Morgan fingerprint density at radius 1 is 1.31 bits per heavy atom. The van der Waals surface area contributed by atoms with Crippen LogP contribution in [0.4, 0.5) is 4.39 Å². The van der Waals surface area contributed by atoms with Crippen LogP contribution in [0.25, 0.3) is 0 Å². The molecule has 8 nitrogen and oxygen atoms in total. The minimum absolute atomic E-state index is 0.0230. The molecular formula is C20H23FN4O4. The van der Waals surface area contributed by atoms with Gasteiger partial charge in [0.2, 0.25) is 0 Å². The number of aromatic nitrogens is 1. The summed E-state index contributed by atoms with van der Waals surface area (Å²) in [4.78, 5) is 32.9. The highest BCUT2D eigenvalue weighted by atomic mass is 19.1. The number of nitrogens with one attached hydrogen (secondary N) is 1. The number of hydrogen-bond acceptors (Lipinski definition) is 6. The van der Waals surface area contributed by atoms with Crippen molar-refractivity contribution in [1.29, 1.82) is 0 Å². The van der Waals surface area contributed by atoms with Gasteiger partial charge in [-0.05, 0) is 19.2 Å². The number of likely N-dealkylation sites (N-methyl/N-ethyl adjacent to an activating group) is 1. The molecule has 0 radical (unpaired) electrons. The summed E-state index contributed by atoms with van der Waals surface area (Å²) in [5.41, 5.74) is 0.551. The van der Waals surface area contributed by atoms with Crippen molar-refractivity contribution < 1.29 is 23.1 Å². The summed E-state index contributed by atoms with van der Waals surface area (Å²) in [5, 5.41) is 2.79. The van der Waals surface area contributed by atoms with Crippen molar-refractivity contribution in [2.75, 3.05) is 39.8 Å². The summed E-state index contributed by atoms with van der Waals surface area (Å²) in [5.74, 6) is -0.815. The normalized spacial score (nSPS) is 19.7. The second kappa shape index (κ2) is 8.30. The molecule has 0 saturated carbocycles. The van der Waals surface area contributed by atoms with Crippen LogP contribution < -0.4 is 5.32 Å². The average molecular weight is 402 g/mol. The molecule has 0 spiro atoms. The van der Waals surface area contributed by atoms with Crippen LogP contribution in [0, 0.1) is 5.82 Å². The highest BCUT2D eigenvalue weighted by Gasteiger charge is 2.29. The topological polar surface area (TPSA) is 87.9 Å². The van der Waals surface area contributed by atoms with Crippen molar-refractivity contribution in [3.8, 4) is 0 Å². The summed E-state index contributed by atoms with van der Waals surface area (Å²) in [6.45, 7) is 3.17. The Balaban J connectivity index is 1.38. The lowest BCUT2D eigenvalue weighted by atomic mass is 10.1. The summed E-state index contributed by atoms with van der Waals surface area (Å²) in [7, 11) is 2.01. The summed E-state index contributed by atoms with van der Waals surface area (Å²) in [6.07, 6.45) is 0.350. The van der Waals surface area contributed by atoms with Gasteiger partial charge in [-0.2, -0.15) is 0 Å². The van der Waals surface area contributed by atoms with Crippen LogP contribution in [0.5, 0.6) is 0 Å². The maximum atomic E-state index is 13.9. The van der Waals surface area contributed by atoms with Gasteiger partial charge < -0.3 is 24.3 Å². The fourth-order valence-electron chi connectivity index (χ4n) is 3.55. The molecule has 154 valence electrons. The standard InChI is InChI=1S/C20H23FN4O4/c1-24-8-9-28-13(11-24)10-22-18(26)19-23-16-12-25(7-6-17(16)29-19)20(27)14-4-2-3-5-15(14)21/h2-5,13H,6-12H2,1H3,(H,22,26)/t13-/m1/s1. The maximum Gasteiger partial charge on any atom is 0.307 e. The van der Waals surface area contributed by atoms with Gasteiger partial charge in [-0.25, -0.2) is 9.37 Å². The van der Waals surface area contributed by atoms with Crippen molar-refractivity contribution in [1.82, 2.24) is 20.1 Å². The Kier molecular flexibility index (Phi) is 5.59. The van der Waals surface area contributed by atoms with Gasteiger partial charge in [-0.1, -0.05) is 12.1 Å². The number of fused-ring (bicyclic) bond motifs is 1. The third-order valence-electron chi connectivity index (χ3n) is 5.15. The zero-order valence-corrected chi connectivity index (χ0v) is 16.2. The molecule has 2 aliphatic heterocycles. The lowest BCUT2D eigenvalue weighted by Gasteiger charge is -2.29. The van der Waals surface area contributed by atoms with Gasteiger partial charge in [0.25, 0.3) is 11.8 Å². The van der Waals surface area contributed by atoms with Crippen LogP contribution >= 0.6 is 0 Å². The molecule has 0 unspecified atom stereocenters. The Morgan fingerprint density at radius 3 is 2.93 bits per heavy atom. The second-order valence-corrected chi connectivity index (χ2v) is 7.31. The molecule has 2 amide bonds. The smallest absolute Gasteiger partial charge is 0.307 e. The number of benzene rings is 1. The summed E-state index contributed by atoms with van der Waals surface area (Å²) in [6, 6.07) is 5.88. The van der Waals surface area contributed by atoms with Gasteiger partial charge in [0.1, 0.15) is 17.3 Å². The predicted octanol–water partition coefficient (Wildman–Crippen LogP) is 1.07. The molecule has 1 atom stereocenters. The number of nitrogens with zero attached hydrogens (tertiary/aromatic N) is 3. The number of halogens is 1. The summed E-state index contributed by atoms with van der Waals surface area (Å²) < 4.78 is 25.1. The van der Waals surface area contributed by atoms with E-state index in [0.29, 0.717) is 37.6 Å². The Morgan fingerprint density at radius 2 is 2.14 bits per heavy atom. The lowest BCUT2D eigenvalue weighted by Crippen LogP contribution is -2.46. The van der Waals surface area contributed by atoms with Crippen molar-refractivity contribution in [2.24, 2.45) is 0 Å². The zero-order chi connectivity index (χ0) is 20.4. The number of oxazole rings is 1. The fraction of sp³-hybridized carbons (Fsp3) is 0.450. The monoisotopic (exact) mass is 402 g/mol. The number of carbonyl (C=O) groups excluding carboxylic acids is 2. The number of morpholine rings is 1. The number of ether oxygens (including phenoxy) is 1. The SMILES string of the molecule is CN1CCO[C@H](CNC(=O)c2nc3c(o2)CCN(C(=O)c2ccccc2F)C3)C1. The van der Waals surface area contributed by atoms with E-state index in [1.165, 1.54) is 17.0 Å². The maximum absolute atomic E-state index is 13.9. The predicted molar refractivity (Wildman–Crippen MR) is 101 cm³/mol. The molecular weight excluding hydrogens is 379 g/mol. The molecule has 1 fully saturated rings. The van der Waals surface area contributed by atoms with E-state index in [9.17, 15) is 14.0 Å². The molecule has 1 aromatic heterocycles. The van der Waals surface area contributed by atoms with Gasteiger partial charge in [-0.3, -0.25) is 9.59 Å². The first kappa shape index (κ1) is 19.5. The number of hydrogen-bond donors (Lipinski definition) is 1. The van der Waals surface area contributed by atoms with E-state index in [1.807, 2.05) is 7.05 Å². The largest absolute Gasteiger partial charge is 0.437 e. The highest BCUT2D eigenvalue weighted by Crippen LogP contribution is 2.22. The minimum atomic E-state index is -0.556. The number of amides is 2. The number of rotatable bonds is 4. The van der Waals surface area contributed by atoms with E-state index in [2.05, 4.69) is 15.2 Å². The van der Waals surface area contributed by atoms with Crippen molar-refractivity contribution in [3.63, 3.8) is 0 Å². The molecule has 3 heterocycles. The molecule has 4 rings (SSSR count). The molecule has 0 bridgehead atoms. The lowest BCUT2D eigenvalue weighted by molar-refractivity contribution is -0.0176. The quantitative estimate of drug-likeness (QED) is 0.823. The first-order chi connectivity index (χ1) is 14.0. The van der Waals surface area contributed by atoms with Crippen LogP contribution in [-0.4, -0.2) is 72.5 Å². The van der Waals surface area contributed by atoms with Gasteiger partial charge >= 0.3 is 5.91 Å². The zero-order valence-electron chi connectivity index (χ0n) is 16.2. The first-order valence-electron chi connectivity index (χ1n) is 9.62. The molecule has 2 aromatic rings. The molecule has 29 heavy (non-hydrogen) atoms. The second-order valence-electron chi connectivity index (χ2n) is 7.31. The molecule has 2 aliphatic rings. The van der Waals surface area contributed by atoms with Crippen LogP contribution in [0.2, 0.25) is 0 Å². The van der Waals surface area contributed by atoms with E-state index in [0.717, 1.165) is 13.1 Å². The van der Waals surface area contributed by atoms with Gasteiger partial charge in [0.05, 0.1) is 24.8 Å². The van der Waals surface area contributed by atoms with E-state index < -0.39 is 17.6 Å². The molecule has 9 heteroatoms. The van der Waals surface area contributed by atoms with E-state index in [1.54, 1.807) is 12.1 Å². The molecule has 0 aliphatic carbocycles. The highest BCUT2D eigenvalue weighted by molar-refractivity contribution is 5.94. The molecule has 1 aromatic carbocycles. The third kappa shape index (κ3) is 4.30. The molecule has 1 N–H and O–H groups in total. The molecule has 1 saturated heterocycles. The van der Waals surface area contributed by atoms with Crippen molar-refractivity contribution in [2.45, 2.75) is 19.1 Å². The van der Waals surface area contributed by atoms with Gasteiger partial charge in [0.15, 0.2) is 0 Å². The van der Waals surface area contributed by atoms with Gasteiger partial charge in [0, 0.05) is 32.6 Å². The Hall–Kier alpha value is -2.78. The van der Waals surface area contributed by atoms with E-state index >= 15 is 0 Å². The first-order valence-corrected chi connectivity index (χ1v) is 9.62. The van der Waals surface area contributed by atoms with Crippen LogP contribution in [0.1, 0.15) is 32.5 Å². The van der Waals surface area contributed by atoms with Crippen LogP contribution in [0.3, 0.4) is 0 Å².